The summed E-state index contributed by atoms with van der Waals surface area (Å²) in [5.41, 5.74) is 0. The standard InChI is InChI=1S/C8H9BrFNO/c1-5(2)12-8-6(9)3-11-4-7(8)10/h3-5H,1-2H3. The first kappa shape index (κ1) is 9.45. The molecule has 12 heavy (non-hydrogen) atoms. The van der Waals surface area contributed by atoms with Crippen LogP contribution in [0.5, 0.6) is 5.75 Å². The highest BCUT2D eigenvalue weighted by Gasteiger charge is 2.09. The van der Waals surface area contributed by atoms with Gasteiger partial charge >= 0.3 is 0 Å². The van der Waals surface area contributed by atoms with Crippen LogP contribution >= 0.6 is 15.9 Å². The third-order valence-corrected chi connectivity index (χ3v) is 1.73. The molecule has 0 bridgehead atoms. The van der Waals surface area contributed by atoms with Gasteiger partial charge in [-0.3, -0.25) is 4.98 Å². The molecule has 1 aromatic rings. The molecule has 4 heteroatoms. The number of nitrogens with zero attached hydrogens (tertiary/aromatic N) is 1. The fraction of sp³-hybridized carbons (Fsp3) is 0.375. The number of halogens is 2. The molecule has 1 rings (SSSR count). The first-order chi connectivity index (χ1) is 5.61. The van der Waals surface area contributed by atoms with Crippen LogP contribution in [0.25, 0.3) is 0 Å². The molecule has 0 fully saturated rings. The Morgan fingerprint density at radius 1 is 1.50 bits per heavy atom. The maximum atomic E-state index is 13.0. The summed E-state index contributed by atoms with van der Waals surface area (Å²) in [6.07, 6.45) is 2.58. The van der Waals surface area contributed by atoms with Gasteiger partial charge in [0.1, 0.15) is 0 Å². The SMILES string of the molecule is CC(C)Oc1c(F)cncc1Br. The van der Waals surface area contributed by atoms with Crippen LogP contribution in [-0.4, -0.2) is 11.1 Å². The lowest BCUT2D eigenvalue weighted by Gasteiger charge is -2.11. The second-order valence-corrected chi connectivity index (χ2v) is 3.45. The van der Waals surface area contributed by atoms with Crippen LogP contribution in [0.1, 0.15) is 13.8 Å². The molecule has 0 saturated carbocycles. The van der Waals surface area contributed by atoms with E-state index in [1.807, 2.05) is 13.8 Å². The molecular weight excluding hydrogens is 225 g/mol. The number of aromatic nitrogens is 1. The maximum Gasteiger partial charge on any atom is 0.184 e. The molecule has 0 radical (unpaired) electrons. The van der Waals surface area contributed by atoms with Gasteiger partial charge in [-0.05, 0) is 29.8 Å². The molecule has 0 aliphatic rings. The lowest BCUT2D eigenvalue weighted by atomic mass is 10.4. The van der Waals surface area contributed by atoms with Crippen molar-refractivity contribution >= 4 is 15.9 Å². The lowest BCUT2D eigenvalue weighted by Crippen LogP contribution is -2.07. The Labute approximate surface area is 78.9 Å². The van der Waals surface area contributed by atoms with Crippen molar-refractivity contribution in [3.63, 3.8) is 0 Å². The van der Waals surface area contributed by atoms with E-state index in [0.717, 1.165) is 6.20 Å². The molecule has 0 amide bonds. The minimum absolute atomic E-state index is 0.0433. The van der Waals surface area contributed by atoms with Crippen molar-refractivity contribution in [1.82, 2.24) is 4.98 Å². The fourth-order valence-electron chi connectivity index (χ4n) is 0.748. The van der Waals surface area contributed by atoms with Crippen molar-refractivity contribution in [2.24, 2.45) is 0 Å². The quantitative estimate of drug-likeness (QED) is 0.784. The molecule has 0 spiro atoms. The summed E-state index contributed by atoms with van der Waals surface area (Å²) in [7, 11) is 0. The van der Waals surface area contributed by atoms with Crippen molar-refractivity contribution in [3.8, 4) is 5.75 Å². The highest BCUT2D eigenvalue weighted by Crippen LogP contribution is 2.27. The Bertz CT molecular complexity index is 258. The first-order valence-electron chi connectivity index (χ1n) is 3.57. The van der Waals surface area contributed by atoms with Crippen LogP contribution in [0, 0.1) is 5.82 Å². The zero-order valence-electron chi connectivity index (χ0n) is 6.84. The molecule has 2 nitrogen and oxygen atoms in total. The van der Waals surface area contributed by atoms with Gasteiger partial charge in [0.05, 0.1) is 16.8 Å². The van der Waals surface area contributed by atoms with E-state index in [2.05, 4.69) is 20.9 Å². The fourth-order valence-corrected chi connectivity index (χ4v) is 1.15. The highest BCUT2D eigenvalue weighted by molar-refractivity contribution is 9.10. The third-order valence-electron chi connectivity index (χ3n) is 1.16. The van der Waals surface area contributed by atoms with Crippen LogP contribution in [0.15, 0.2) is 16.9 Å². The molecule has 0 N–H and O–H groups in total. The minimum atomic E-state index is -0.446. The Hall–Kier alpha value is -0.640. The van der Waals surface area contributed by atoms with E-state index < -0.39 is 5.82 Å². The lowest BCUT2D eigenvalue weighted by molar-refractivity contribution is 0.229. The second kappa shape index (κ2) is 3.85. The van der Waals surface area contributed by atoms with Gasteiger partial charge in [0, 0.05) is 6.20 Å². The van der Waals surface area contributed by atoms with Crippen molar-refractivity contribution in [3.05, 3.63) is 22.7 Å². The molecule has 0 aliphatic heterocycles. The highest BCUT2D eigenvalue weighted by atomic mass is 79.9. The predicted molar refractivity (Wildman–Crippen MR) is 47.7 cm³/mol. The van der Waals surface area contributed by atoms with E-state index in [-0.39, 0.29) is 11.9 Å². The summed E-state index contributed by atoms with van der Waals surface area (Å²) in [5, 5.41) is 0. The molecular formula is C8H9BrFNO. The van der Waals surface area contributed by atoms with E-state index in [4.69, 9.17) is 4.74 Å². The average Bonchev–Trinajstić information content (AvgIpc) is 1.97. The van der Waals surface area contributed by atoms with Crippen LogP contribution in [0.2, 0.25) is 0 Å². The van der Waals surface area contributed by atoms with Crippen molar-refractivity contribution < 1.29 is 9.13 Å². The largest absolute Gasteiger partial charge is 0.487 e. The topological polar surface area (TPSA) is 22.1 Å². The van der Waals surface area contributed by atoms with Crippen molar-refractivity contribution in [2.45, 2.75) is 20.0 Å². The summed E-state index contributed by atoms with van der Waals surface area (Å²) in [6.45, 7) is 3.68. The molecule has 0 saturated heterocycles. The van der Waals surface area contributed by atoms with Gasteiger partial charge in [0.25, 0.3) is 0 Å². The molecule has 0 aliphatic carbocycles. The number of pyridine rings is 1. The average molecular weight is 234 g/mol. The third kappa shape index (κ3) is 2.17. The van der Waals surface area contributed by atoms with Gasteiger partial charge < -0.3 is 4.74 Å². The molecule has 1 heterocycles. The number of rotatable bonds is 2. The smallest absolute Gasteiger partial charge is 0.184 e. The van der Waals surface area contributed by atoms with E-state index in [0.29, 0.717) is 4.47 Å². The van der Waals surface area contributed by atoms with Gasteiger partial charge in [0.2, 0.25) is 0 Å². The monoisotopic (exact) mass is 233 g/mol. The number of hydrogen-bond donors (Lipinski definition) is 0. The van der Waals surface area contributed by atoms with Crippen LogP contribution in [0.3, 0.4) is 0 Å². The predicted octanol–water partition coefficient (Wildman–Crippen LogP) is 2.77. The van der Waals surface area contributed by atoms with Gasteiger partial charge in [-0.25, -0.2) is 4.39 Å². The van der Waals surface area contributed by atoms with Crippen molar-refractivity contribution in [2.75, 3.05) is 0 Å². The normalized spacial score (nSPS) is 10.4. The van der Waals surface area contributed by atoms with Crippen LogP contribution in [0.4, 0.5) is 4.39 Å². The van der Waals surface area contributed by atoms with E-state index >= 15 is 0 Å². The Balaban J connectivity index is 2.96. The zero-order valence-corrected chi connectivity index (χ0v) is 8.43. The minimum Gasteiger partial charge on any atom is -0.487 e. The summed E-state index contributed by atoms with van der Waals surface area (Å²) in [6, 6.07) is 0. The van der Waals surface area contributed by atoms with Crippen molar-refractivity contribution in [1.29, 1.82) is 0 Å². The Morgan fingerprint density at radius 2 is 2.17 bits per heavy atom. The molecule has 0 aromatic carbocycles. The summed E-state index contributed by atoms with van der Waals surface area (Å²) >= 11 is 3.15. The van der Waals surface area contributed by atoms with Gasteiger partial charge in [-0.2, -0.15) is 0 Å². The van der Waals surface area contributed by atoms with Gasteiger partial charge in [-0.15, -0.1) is 0 Å². The Kier molecular flexibility index (Phi) is 3.03. The van der Waals surface area contributed by atoms with Gasteiger partial charge in [-0.1, -0.05) is 0 Å². The van der Waals surface area contributed by atoms with Crippen LogP contribution in [-0.2, 0) is 0 Å². The Morgan fingerprint density at radius 3 is 2.67 bits per heavy atom. The van der Waals surface area contributed by atoms with E-state index in [1.54, 1.807) is 0 Å². The summed E-state index contributed by atoms with van der Waals surface area (Å²) < 4.78 is 18.7. The number of hydrogen-bond acceptors (Lipinski definition) is 2. The van der Waals surface area contributed by atoms with Crippen LogP contribution < -0.4 is 4.74 Å². The molecule has 0 unspecified atom stereocenters. The molecule has 0 atom stereocenters. The van der Waals surface area contributed by atoms with E-state index in [1.165, 1.54) is 6.20 Å². The zero-order chi connectivity index (χ0) is 9.14. The molecule has 66 valence electrons. The van der Waals surface area contributed by atoms with E-state index in [9.17, 15) is 4.39 Å². The molecule has 1 aromatic heterocycles. The summed E-state index contributed by atoms with van der Waals surface area (Å²) in [5.74, 6) is -0.224. The van der Waals surface area contributed by atoms with Gasteiger partial charge in [0.15, 0.2) is 11.6 Å². The second-order valence-electron chi connectivity index (χ2n) is 2.60. The first-order valence-corrected chi connectivity index (χ1v) is 4.36. The number of ether oxygens (including phenoxy) is 1. The summed E-state index contributed by atoms with van der Waals surface area (Å²) in [4.78, 5) is 3.65. The maximum absolute atomic E-state index is 13.0.